The molecule has 3 N–H and O–H groups in total. The summed E-state index contributed by atoms with van der Waals surface area (Å²) in [6, 6.07) is 15.4. The zero-order valence-corrected chi connectivity index (χ0v) is 17.5. The molecular weight excluding hydrogens is 438 g/mol. The van der Waals surface area contributed by atoms with Crippen LogP contribution in [-0.2, 0) is 6.54 Å². The van der Waals surface area contributed by atoms with E-state index >= 15 is 0 Å². The van der Waals surface area contributed by atoms with Gasteiger partial charge in [0, 0.05) is 17.0 Å². The van der Waals surface area contributed by atoms with Crippen molar-refractivity contribution in [3.63, 3.8) is 0 Å². The Bertz CT molecular complexity index is 1280. The summed E-state index contributed by atoms with van der Waals surface area (Å²) in [7, 11) is 0. The number of nitrogens with one attached hydrogen (secondary N) is 2. The van der Waals surface area contributed by atoms with E-state index in [1.807, 2.05) is 30.3 Å². The monoisotopic (exact) mass is 453 g/mol. The van der Waals surface area contributed by atoms with Crippen molar-refractivity contribution in [2.75, 3.05) is 0 Å². The SMILES string of the molecule is O=C(NCc1ccccc1)NC(=O)n1c(O)c(C(=O)c2cccs2)c2cc(Cl)ccc21. The molecule has 0 aliphatic carbocycles. The van der Waals surface area contributed by atoms with Gasteiger partial charge in [-0.05, 0) is 35.2 Å². The number of fused-ring (bicyclic) bond motifs is 1. The number of nitrogens with zero attached hydrogens (tertiary/aromatic N) is 1. The summed E-state index contributed by atoms with van der Waals surface area (Å²) in [6.45, 7) is 0.218. The number of amides is 3. The summed E-state index contributed by atoms with van der Waals surface area (Å²) in [5.74, 6) is -1.01. The summed E-state index contributed by atoms with van der Waals surface area (Å²) in [5.41, 5.74) is 1.05. The molecule has 0 atom stereocenters. The third-order valence-electron chi connectivity index (χ3n) is 4.60. The lowest BCUT2D eigenvalue weighted by Gasteiger charge is -2.09. The van der Waals surface area contributed by atoms with Crippen LogP contribution in [0, 0.1) is 0 Å². The van der Waals surface area contributed by atoms with Crippen LogP contribution in [0.1, 0.15) is 20.8 Å². The molecule has 2 heterocycles. The van der Waals surface area contributed by atoms with Gasteiger partial charge in [0.05, 0.1) is 16.0 Å². The number of benzene rings is 2. The van der Waals surface area contributed by atoms with Crippen molar-refractivity contribution in [1.82, 2.24) is 15.2 Å². The van der Waals surface area contributed by atoms with E-state index in [4.69, 9.17) is 11.6 Å². The molecule has 4 aromatic rings. The molecular formula is C22H16ClN3O4S. The largest absolute Gasteiger partial charge is 0.494 e. The molecule has 9 heteroatoms. The van der Waals surface area contributed by atoms with E-state index < -0.39 is 23.7 Å². The van der Waals surface area contributed by atoms with E-state index in [0.29, 0.717) is 15.3 Å². The first-order valence-corrected chi connectivity index (χ1v) is 10.5. The summed E-state index contributed by atoms with van der Waals surface area (Å²) in [4.78, 5) is 38.4. The molecule has 2 aromatic heterocycles. The molecule has 0 spiro atoms. The second-order valence-corrected chi connectivity index (χ2v) is 7.98. The van der Waals surface area contributed by atoms with Crippen LogP contribution in [0.3, 0.4) is 0 Å². The number of carbonyl (C=O) groups excluding carboxylic acids is 3. The zero-order valence-electron chi connectivity index (χ0n) is 16.0. The number of rotatable bonds is 4. The van der Waals surface area contributed by atoms with Gasteiger partial charge in [-0.1, -0.05) is 48.0 Å². The fourth-order valence-electron chi connectivity index (χ4n) is 3.19. The number of imide groups is 1. The minimum atomic E-state index is -0.902. The molecule has 0 radical (unpaired) electrons. The quantitative estimate of drug-likeness (QED) is 0.388. The number of ketones is 1. The lowest BCUT2D eigenvalue weighted by molar-refractivity contribution is 0.104. The van der Waals surface area contributed by atoms with Gasteiger partial charge in [0.25, 0.3) is 0 Å². The van der Waals surface area contributed by atoms with Crippen molar-refractivity contribution in [1.29, 1.82) is 0 Å². The van der Waals surface area contributed by atoms with Crippen LogP contribution in [0.5, 0.6) is 5.88 Å². The van der Waals surface area contributed by atoms with Crippen LogP contribution in [0.4, 0.5) is 9.59 Å². The van der Waals surface area contributed by atoms with Crippen LogP contribution in [-0.4, -0.2) is 27.5 Å². The van der Waals surface area contributed by atoms with Crippen molar-refractivity contribution in [3.8, 4) is 5.88 Å². The first-order valence-electron chi connectivity index (χ1n) is 9.20. The van der Waals surface area contributed by atoms with Crippen molar-refractivity contribution >= 4 is 51.7 Å². The number of aromatic hydroxyl groups is 1. The highest BCUT2D eigenvalue weighted by Crippen LogP contribution is 2.35. The average Bonchev–Trinajstić information content (AvgIpc) is 3.38. The number of urea groups is 1. The molecule has 0 aliphatic heterocycles. The zero-order chi connectivity index (χ0) is 22.0. The number of hydrogen-bond donors (Lipinski definition) is 3. The van der Waals surface area contributed by atoms with E-state index in [1.54, 1.807) is 17.5 Å². The topological polar surface area (TPSA) is 100 Å². The highest BCUT2D eigenvalue weighted by molar-refractivity contribution is 7.12. The van der Waals surface area contributed by atoms with Gasteiger partial charge >= 0.3 is 12.1 Å². The van der Waals surface area contributed by atoms with Crippen LogP contribution in [0.2, 0.25) is 5.02 Å². The van der Waals surface area contributed by atoms with Gasteiger partial charge < -0.3 is 10.4 Å². The molecule has 0 bridgehead atoms. The minimum absolute atomic E-state index is 0.0557. The summed E-state index contributed by atoms with van der Waals surface area (Å²) < 4.78 is 0.884. The molecule has 3 amide bonds. The van der Waals surface area contributed by atoms with Gasteiger partial charge in [0.1, 0.15) is 0 Å². The van der Waals surface area contributed by atoms with E-state index in [2.05, 4.69) is 10.6 Å². The smallest absolute Gasteiger partial charge is 0.337 e. The molecule has 156 valence electrons. The molecule has 0 fully saturated rings. The van der Waals surface area contributed by atoms with Crippen molar-refractivity contribution in [2.45, 2.75) is 6.54 Å². The maximum atomic E-state index is 13.0. The van der Waals surface area contributed by atoms with Crippen molar-refractivity contribution in [3.05, 3.63) is 87.1 Å². The van der Waals surface area contributed by atoms with E-state index in [-0.39, 0.29) is 17.6 Å². The molecule has 2 aromatic carbocycles. The molecule has 0 unspecified atom stereocenters. The molecule has 31 heavy (non-hydrogen) atoms. The predicted octanol–water partition coefficient (Wildman–Crippen LogP) is 4.76. The normalized spacial score (nSPS) is 10.7. The number of halogens is 1. The van der Waals surface area contributed by atoms with Gasteiger partial charge in [-0.25, -0.2) is 14.2 Å². The predicted molar refractivity (Wildman–Crippen MR) is 119 cm³/mol. The second-order valence-electron chi connectivity index (χ2n) is 6.60. The Hall–Kier alpha value is -3.62. The molecule has 0 saturated carbocycles. The number of hydrogen-bond acceptors (Lipinski definition) is 5. The second kappa shape index (κ2) is 8.63. The standard InChI is InChI=1S/C22H16ClN3O4S/c23-14-8-9-16-15(11-14)18(19(27)17-7-4-10-31-17)20(28)26(16)22(30)25-21(29)24-12-13-5-2-1-3-6-13/h1-11,28H,12H2,(H2,24,25,29,30). The average molecular weight is 454 g/mol. The Morgan fingerprint density at radius 2 is 1.81 bits per heavy atom. The molecule has 0 saturated heterocycles. The molecule has 4 rings (SSSR count). The van der Waals surface area contributed by atoms with E-state index in [9.17, 15) is 19.5 Å². The first-order chi connectivity index (χ1) is 15.0. The van der Waals surface area contributed by atoms with E-state index in [0.717, 1.165) is 10.1 Å². The van der Waals surface area contributed by atoms with Gasteiger partial charge in [0.15, 0.2) is 0 Å². The van der Waals surface area contributed by atoms with Crippen LogP contribution < -0.4 is 10.6 Å². The summed E-state index contributed by atoms with van der Waals surface area (Å²) in [5, 5.41) is 17.9. The van der Waals surface area contributed by atoms with E-state index in [1.165, 1.54) is 29.5 Å². The maximum absolute atomic E-state index is 13.0. The molecule has 0 aliphatic rings. The Balaban J connectivity index is 1.64. The van der Waals surface area contributed by atoms with Crippen LogP contribution in [0.25, 0.3) is 10.9 Å². The van der Waals surface area contributed by atoms with Gasteiger partial charge in [0.2, 0.25) is 11.7 Å². The number of carbonyl (C=O) groups is 3. The first kappa shape index (κ1) is 20.6. The van der Waals surface area contributed by atoms with Gasteiger partial charge in [-0.15, -0.1) is 11.3 Å². The highest BCUT2D eigenvalue weighted by atomic mass is 35.5. The fourth-order valence-corrected chi connectivity index (χ4v) is 4.03. The Kier molecular flexibility index (Phi) is 5.75. The van der Waals surface area contributed by atoms with Crippen molar-refractivity contribution < 1.29 is 19.5 Å². The Morgan fingerprint density at radius 1 is 1.03 bits per heavy atom. The third kappa shape index (κ3) is 4.16. The van der Waals surface area contributed by atoms with Gasteiger partial charge in [-0.2, -0.15) is 0 Å². The van der Waals surface area contributed by atoms with Crippen LogP contribution >= 0.6 is 22.9 Å². The van der Waals surface area contributed by atoms with Gasteiger partial charge in [-0.3, -0.25) is 10.1 Å². The fraction of sp³-hybridized carbons (Fsp3) is 0.0455. The molecule has 7 nitrogen and oxygen atoms in total. The van der Waals surface area contributed by atoms with Crippen molar-refractivity contribution in [2.24, 2.45) is 0 Å². The third-order valence-corrected chi connectivity index (χ3v) is 5.70. The highest BCUT2D eigenvalue weighted by Gasteiger charge is 2.27. The lowest BCUT2D eigenvalue weighted by Crippen LogP contribution is -2.41. The Morgan fingerprint density at radius 3 is 2.52 bits per heavy atom. The lowest BCUT2D eigenvalue weighted by atomic mass is 10.1. The minimum Gasteiger partial charge on any atom is -0.494 e. The number of thiophene rings is 1. The van der Waals surface area contributed by atoms with Crippen LogP contribution in [0.15, 0.2) is 66.0 Å². The Labute approximate surface area is 185 Å². The maximum Gasteiger partial charge on any atom is 0.337 e. The summed E-state index contributed by atoms with van der Waals surface area (Å²) >= 11 is 7.29. The summed E-state index contributed by atoms with van der Waals surface area (Å²) in [6.07, 6.45) is 0. The number of aromatic nitrogens is 1.